The highest BCUT2D eigenvalue weighted by atomic mass is 19.1. The minimum Gasteiger partial charge on any atom is -0.494 e. The largest absolute Gasteiger partial charge is 0.494 e. The predicted octanol–water partition coefficient (Wildman–Crippen LogP) is 3.91. The van der Waals surface area contributed by atoms with Crippen LogP contribution >= 0.6 is 0 Å². The summed E-state index contributed by atoms with van der Waals surface area (Å²) in [7, 11) is 1.47. The summed E-state index contributed by atoms with van der Waals surface area (Å²) in [5.41, 5.74) is 7.55. The average molecular weight is 291 g/mol. The highest BCUT2D eigenvalue weighted by Crippen LogP contribution is 2.38. The molecule has 1 fully saturated rings. The highest BCUT2D eigenvalue weighted by molar-refractivity contribution is 5.80. The van der Waals surface area contributed by atoms with Gasteiger partial charge in [-0.25, -0.2) is 9.37 Å². The number of halogens is 1. The number of hydrogen-bond acceptors (Lipinski definition) is 3. The second kappa shape index (κ2) is 5.54. The van der Waals surface area contributed by atoms with E-state index in [1.807, 2.05) is 0 Å². The summed E-state index contributed by atoms with van der Waals surface area (Å²) in [6, 6.07) is 3.46. The molecule has 1 heterocycles. The van der Waals surface area contributed by atoms with Crippen LogP contribution in [0.15, 0.2) is 12.1 Å². The molecule has 1 aliphatic rings. The Morgan fingerprint density at radius 3 is 2.67 bits per heavy atom. The van der Waals surface area contributed by atoms with Gasteiger partial charge in [0.05, 0.1) is 18.1 Å². The second-order valence-electron chi connectivity index (χ2n) is 5.90. The maximum Gasteiger partial charge on any atom is 0.201 e. The molecule has 1 aromatic heterocycles. The van der Waals surface area contributed by atoms with Crippen molar-refractivity contribution in [2.45, 2.75) is 45.1 Å². The topological polar surface area (TPSA) is 53.1 Å². The van der Waals surface area contributed by atoms with E-state index in [4.69, 9.17) is 10.5 Å². The van der Waals surface area contributed by atoms with Gasteiger partial charge in [0.2, 0.25) is 5.95 Å². The van der Waals surface area contributed by atoms with Crippen molar-refractivity contribution in [1.29, 1.82) is 0 Å². The normalized spacial score (nSPS) is 22.6. The number of aromatic nitrogens is 2. The summed E-state index contributed by atoms with van der Waals surface area (Å²) < 4.78 is 20.9. The van der Waals surface area contributed by atoms with Gasteiger partial charge in [-0.05, 0) is 31.6 Å². The SMILES string of the molecule is CCC1CCC(n2c(N)nc3cc(F)c(OC)cc32)CC1. The molecule has 1 saturated carbocycles. The van der Waals surface area contributed by atoms with Gasteiger partial charge in [-0.3, -0.25) is 0 Å². The number of hydrogen-bond donors (Lipinski definition) is 1. The molecule has 1 aliphatic carbocycles. The fourth-order valence-corrected chi connectivity index (χ4v) is 3.47. The van der Waals surface area contributed by atoms with Crippen molar-refractivity contribution >= 4 is 17.0 Å². The molecule has 2 aromatic rings. The molecule has 0 saturated heterocycles. The first-order valence-electron chi connectivity index (χ1n) is 7.65. The van der Waals surface area contributed by atoms with Gasteiger partial charge < -0.3 is 15.0 Å². The molecule has 0 amide bonds. The quantitative estimate of drug-likeness (QED) is 0.933. The van der Waals surface area contributed by atoms with Crippen molar-refractivity contribution in [3.8, 4) is 5.75 Å². The maximum atomic E-state index is 13.8. The molecule has 0 bridgehead atoms. The number of nitrogens with two attached hydrogens (primary N) is 1. The van der Waals surface area contributed by atoms with Gasteiger partial charge in [-0.15, -0.1) is 0 Å². The number of fused-ring (bicyclic) bond motifs is 1. The monoisotopic (exact) mass is 291 g/mol. The minimum absolute atomic E-state index is 0.242. The lowest BCUT2D eigenvalue weighted by Crippen LogP contribution is -2.19. The lowest BCUT2D eigenvalue weighted by molar-refractivity contribution is 0.275. The van der Waals surface area contributed by atoms with Crippen LogP contribution in [0.2, 0.25) is 0 Å². The summed E-state index contributed by atoms with van der Waals surface area (Å²) in [6.07, 6.45) is 5.89. The van der Waals surface area contributed by atoms with Crippen LogP contribution < -0.4 is 10.5 Å². The van der Waals surface area contributed by atoms with E-state index < -0.39 is 5.82 Å². The Kier molecular flexibility index (Phi) is 3.74. The summed E-state index contributed by atoms with van der Waals surface area (Å²) in [6.45, 7) is 2.25. The van der Waals surface area contributed by atoms with Crippen molar-refractivity contribution in [3.05, 3.63) is 17.9 Å². The van der Waals surface area contributed by atoms with Gasteiger partial charge in [-0.2, -0.15) is 0 Å². The Hall–Kier alpha value is -1.78. The lowest BCUT2D eigenvalue weighted by Gasteiger charge is -2.29. The molecule has 0 aliphatic heterocycles. The van der Waals surface area contributed by atoms with Gasteiger partial charge >= 0.3 is 0 Å². The third-order valence-corrected chi connectivity index (χ3v) is 4.75. The fourth-order valence-electron chi connectivity index (χ4n) is 3.47. The van der Waals surface area contributed by atoms with Crippen LogP contribution in [0.3, 0.4) is 0 Å². The number of nitrogen functional groups attached to an aromatic ring is 1. The summed E-state index contributed by atoms with van der Waals surface area (Å²) >= 11 is 0. The second-order valence-corrected chi connectivity index (χ2v) is 5.90. The number of ether oxygens (including phenoxy) is 1. The summed E-state index contributed by atoms with van der Waals surface area (Å²) in [4.78, 5) is 4.31. The van der Waals surface area contributed by atoms with Crippen LogP contribution in [0.1, 0.15) is 45.1 Å². The molecule has 114 valence electrons. The van der Waals surface area contributed by atoms with Crippen LogP contribution in [-0.4, -0.2) is 16.7 Å². The Bertz CT molecular complexity index is 644. The van der Waals surface area contributed by atoms with Crippen LogP contribution in [0.25, 0.3) is 11.0 Å². The van der Waals surface area contributed by atoms with E-state index >= 15 is 0 Å². The third-order valence-electron chi connectivity index (χ3n) is 4.75. The molecular formula is C16H22FN3O. The van der Waals surface area contributed by atoms with Crippen molar-refractivity contribution in [3.63, 3.8) is 0 Å². The van der Waals surface area contributed by atoms with Crippen molar-refractivity contribution in [2.24, 2.45) is 5.92 Å². The van der Waals surface area contributed by atoms with E-state index in [2.05, 4.69) is 16.5 Å². The van der Waals surface area contributed by atoms with E-state index in [0.29, 0.717) is 17.5 Å². The Morgan fingerprint density at radius 1 is 1.33 bits per heavy atom. The van der Waals surface area contributed by atoms with Gasteiger partial charge in [0.15, 0.2) is 11.6 Å². The zero-order valence-corrected chi connectivity index (χ0v) is 12.6. The van der Waals surface area contributed by atoms with Gasteiger partial charge in [0.1, 0.15) is 0 Å². The van der Waals surface area contributed by atoms with E-state index in [9.17, 15) is 4.39 Å². The molecule has 2 N–H and O–H groups in total. The van der Waals surface area contributed by atoms with Gasteiger partial charge in [-0.1, -0.05) is 13.3 Å². The highest BCUT2D eigenvalue weighted by Gasteiger charge is 2.25. The van der Waals surface area contributed by atoms with Crippen LogP contribution in [0, 0.1) is 11.7 Å². The number of anilines is 1. The zero-order valence-electron chi connectivity index (χ0n) is 12.6. The molecule has 3 rings (SSSR count). The lowest BCUT2D eigenvalue weighted by atomic mass is 9.84. The number of nitrogens with zero attached hydrogens (tertiary/aromatic N) is 2. The number of benzene rings is 1. The molecule has 1 aromatic carbocycles. The molecular weight excluding hydrogens is 269 g/mol. The van der Waals surface area contributed by atoms with Crippen LogP contribution in [-0.2, 0) is 0 Å². The number of imidazole rings is 1. The molecule has 0 spiro atoms. The predicted molar refractivity (Wildman–Crippen MR) is 81.9 cm³/mol. The fraction of sp³-hybridized carbons (Fsp3) is 0.562. The van der Waals surface area contributed by atoms with Crippen LogP contribution in [0.4, 0.5) is 10.3 Å². The van der Waals surface area contributed by atoms with Crippen molar-refractivity contribution in [2.75, 3.05) is 12.8 Å². The van der Waals surface area contributed by atoms with Gasteiger partial charge in [0, 0.05) is 18.2 Å². The minimum atomic E-state index is -0.399. The molecule has 0 atom stereocenters. The first kappa shape index (κ1) is 14.2. The molecule has 0 radical (unpaired) electrons. The van der Waals surface area contributed by atoms with E-state index in [1.54, 1.807) is 6.07 Å². The zero-order chi connectivity index (χ0) is 15.0. The first-order chi connectivity index (χ1) is 10.1. The van der Waals surface area contributed by atoms with E-state index in [1.165, 1.54) is 32.4 Å². The smallest absolute Gasteiger partial charge is 0.201 e. The van der Waals surface area contributed by atoms with E-state index in [0.717, 1.165) is 24.3 Å². The standard InChI is InChI=1S/C16H22FN3O/c1-3-10-4-6-11(7-5-10)20-14-9-15(21-2)12(17)8-13(14)19-16(20)18/h8-11H,3-7H2,1-2H3,(H2,18,19). The Balaban J connectivity index is 2.00. The summed E-state index contributed by atoms with van der Waals surface area (Å²) in [5, 5.41) is 0. The molecule has 5 heteroatoms. The number of rotatable bonds is 3. The summed E-state index contributed by atoms with van der Waals surface area (Å²) in [5.74, 6) is 1.14. The average Bonchev–Trinajstić information content (AvgIpc) is 2.81. The molecule has 0 unspecified atom stereocenters. The third kappa shape index (κ3) is 2.45. The van der Waals surface area contributed by atoms with Crippen molar-refractivity contribution < 1.29 is 9.13 Å². The maximum absolute atomic E-state index is 13.8. The van der Waals surface area contributed by atoms with Crippen LogP contribution in [0.5, 0.6) is 5.75 Å². The number of methoxy groups -OCH3 is 1. The van der Waals surface area contributed by atoms with E-state index in [-0.39, 0.29) is 5.75 Å². The molecule has 4 nitrogen and oxygen atoms in total. The van der Waals surface area contributed by atoms with Crippen molar-refractivity contribution in [1.82, 2.24) is 9.55 Å². The Labute approximate surface area is 124 Å². The van der Waals surface area contributed by atoms with Gasteiger partial charge in [0.25, 0.3) is 0 Å². The first-order valence-corrected chi connectivity index (χ1v) is 7.65. The molecule has 21 heavy (non-hydrogen) atoms. The Morgan fingerprint density at radius 2 is 2.05 bits per heavy atom.